The van der Waals surface area contributed by atoms with Crippen LogP contribution in [-0.2, 0) is 6.61 Å². The molecule has 66 valence electrons. The van der Waals surface area contributed by atoms with Crippen molar-refractivity contribution in [1.82, 2.24) is 9.97 Å². The summed E-state index contributed by atoms with van der Waals surface area (Å²) in [5.74, 6) is 1.04. The van der Waals surface area contributed by atoms with Crippen molar-refractivity contribution in [2.75, 3.05) is 14.2 Å². The molecule has 5 nitrogen and oxygen atoms in total. The third-order valence-corrected chi connectivity index (χ3v) is 1.29. The van der Waals surface area contributed by atoms with Gasteiger partial charge in [-0.2, -0.15) is 9.97 Å². The van der Waals surface area contributed by atoms with Crippen LogP contribution >= 0.6 is 0 Å². The Bertz CT molecular complexity index is 210. The van der Waals surface area contributed by atoms with Gasteiger partial charge in [0.25, 0.3) is 0 Å². The van der Waals surface area contributed by atoms with Crippen molar-refractivity contribution >= 4 is 0 Å². The normalized spacial score (nSPS) is 9.58. The number of hydrogen-bond donors (Lipinski definition) is 1. The van der Waals surface area contributed by atoms with E-state index in [0.717, 1.165) is 0 Å². The summed E-state index contributed by atoms with van der Waals surface area (Å²) in [5.41, 5.74) is 0. The molecule has 0 spiro atoms. The molecule has 0 aliphatic carbocycles. The van der Waals surface area contributed by atoms with Crippen LogP contribution in [-0.4, -0.2) is 29.3 Å². The minimum Gasteiger partial charge on any atom is -0.481 e. The maximum Gasteiger partial charge on any atom is 0.220 e. The lowest BCUT2D eigenvalue weighted by atomic mass is 10.5. The molecule has 1 aromatic heterocycles. The fourth-order valence-corrected chi connectivity index (χ4v) is 0.729. The number of hydrogen-bond acceptors (Lipinski definition) is 5. The molecule has 0 amide bonds. The van der Waals surface area contributed by atoms with Crippen molar-refractivity contribution in [2.24, 2.45) is 0 Å². The molecule has 0 fully saturated rings. The van der Waals surface area contributed by atoms with E-state index < -0.39 is 0 Å². The molecular weight excluding hydrogens is 160 g/mol. The van der Waals surface area contributed by atoms with E-state index in [1.54, 1.807) is 6.07 Å². The summed E-state index contributed by atoms with van der Waals surface area (Å²) >= 11 is 0. The van der Waals surface area contributed by atoms with Gasteiger partial charge in [0, 0.05) is 0 Å². The van der Waals surface area contributed by atoms with Crippen LogP contribution in [0.3, 0.4) is 0 Å². The van der Waals surface area contributed by atoms with Crippen LogP contribution in [0.25, 0.3) is 0 Å². The Labute approximate surface area is 70.0 Å². The van der Waals surface area contributed by atoms with E-state index in [0.29, 0.717) is 11.8 Å². The Morgan fingerprint density at radius 2 is 1.75 bits per heavy atom. The molecular formula is C7H10N2O3. The monoisotopic (exact) mass is 170 g/mol. The van der Waals surface area contributed by atoms with E-state index in [2.05, 4.69) is 9.97 Å². The van der Waals surface area contributed by atoms with Crippen LogP contribution in [0.2, 0.25) is 0 Å². The first-order valence-corrected chi connectivity index (χ1v) is 3.37. The van der Waals surface area contributed by atoms with Gasteiger partial charge in [0.2, 0.25) is 11.8 Å². The van der Waals surface area contributed by atoms with Gasteiger partial charge in [-0.3, -0.25) is 0 Å². The van der Waals surface area contributed by atoms with Crippen molar-refractivity contribution in [1.29, 1.82) is 0 Å². The fourth-order valence-electron chi connectivity index (χ4n) is 0.729. The second-order valence-corrected chi connectivity index (χ2v) is 2.03. The largest absolute Gasteiger partial charge is 0.481 e. The Morgan fingerprint density at radius 1 is 1.25 bits per heavy atom. The highest BCUT2D eigenvalue weighted by atomic mass is 16.5. The smallest absolute Gasteiger partial charge is 0.220 e. The number of rotatable bonds is 3. The second kappa shape index (κ2) is 3.87. The van der Waals surface area contributed by atoms with Gasteiger partial charge in [-0.05, 0) is 0 Å². The summed E-state index contributed by atoms with van der Waals surface area (Å²) in [7, 11) is 2.98. The predicted octanol–water partition coefficient (Wildman–Crippen LogP) is -0.0139. The average Bonchev–Trinajstić information content (AvgIpc) is 2.16. The van der Waals surface area contributed by atoms with E-state index in [1.165, 1.54) is 14.2 Å². The average molecular weight is 170 g/mol. The zero-order valence-corrected chi connectivity index (χ0v) is 6.94. The molecule has 5 heteroatoms. The maximum absolute atomic E-state index is 8.74. The Morgan fingerprint density at radius 3 is 2.08 bits per heavy atom. The molecule has 0 radical (unpaired) electrons. The van der Waals surface area contributed by atoms with Gasteiger partial charge in [0.15, 0.2) is 5.82 Å². The van der Waals surface area contributed by atoms with Crippen molar-refractivity contribution in [3.8, 4) is 11.8 Å². The molecule has 0 unspecified atom stereocenters. The molecule has 12 heavy (non-hydrogen) atoms. The quantitative estimate of drug-likeness (QED) is 0.691. The first-order chi connectivity index (χ1) is 5.80. The summed E-state index contributed by atoms with van der Waals surface area (Å²) in [6, 6.07) is 1.54. The van der Waals surface area contributed by atoms with Gasteiger partial charge < -0.3 is 14.6 Å². The van der Waals surface area contributed by atoms with Crippen molar-refractivity contribution in [3.05, 3.63) is 11.9 Å². The summed E-state index contributed by atoms with van der Waals surface area (Å²) in [6.45, 7) is -0.229. The molecule has 1 rings (SSSR count). The van der Waals surface area contributed by atoms with Crippen molar-refractivity contribution < 1.29 is 14.6 Å². The van der Waals surface area contributed by atoms with Crippen LogP contribution in [0.15, 0.2) is 6.07 Å². The van der Waals surface area contributed by atoms with Crippen molar-refractivity contribution in [3.63, 3.8) is 0 Å². The Kier molecular flexibility index (Phi) is 2.82. The lowest BCUT2D eigenvalue weighted by molar-refractivity contribution is 0.264. The molecule has 1 aromatic rings. The van der Waals surface area contributed by atoms with Crippen molar-refractivity contribution in [2.45, 2.75) is 6.61 Å². The molecule has 0 aliphatic rings. The molecule has 0 aliphatic heterocycles. The minimum absolute atomic E-state index is 0.229. The first kappa shape index (κ1) is 8.73. The van der Waals surface area contributed by atoms with Crippen LogP contribution < -0.4 is 9.47 Å². The SMILES string of the molecule is COc1cc(OC)nc(CO)n1. The number of methoxy groups -OCH3 is 2. The van der Waals surface area contributed by atoms with E-state index in [-0.39, 0.29) is 12.4 Å². The zero-order valence-electron chi connectivity index (χ0n) is 6.94. The number of ether oxygens (including phenoxy) is 2. The Hall–Kier alpha value is -1.36. The van der Waals surface area contributed by atoms with Crippen LogP contribution in [0.1, 0.15) is 5.82 Å². The lowest BCUT2D eigenvalue weighted by Gasteiger charge is -2.03. The second-order valence-electron chi connectivity index (χ2n) is 2.03. The molecule has 1 N–H and O–H groups in total. The molecule has 0 saturated heterocycles. The Balaban J connectivity index is 3.01. The van der Waals surface area contributed by atoms with Gasteiger partial charge in [0.1, 0.15) is 6.61 Å². The first-order valence-electron chi connectivity index (χ1n) is 3.37. The van der Waals surface area contributed by atoms with Crippen LogP contribution in [0.5, 0.6) is 11.8 Å². The molecule has 0 saturated carbocycles. The fraction of sp³-hybridized carbons (Fsp3) is 0.429. The van der Waals surface area contributed by atoms with E-state index in [4.69, 9.17) is 14.6 Å². The van der Waals surface area contributed by atoms with Crippen LogP contribution in [0.4, 0.5) is 0 Å². The number of nitrogens with zero attached hydrogens (tertiary/aromatic N) is 2. The standard InChI is InChI=1S/C7H10N2O3/c1-11-6-3-7(12-2)9-5(4-10)8-6/h3,10H,4H2,1-2H3. The van der Waals surface area contributed by atoms with Gasteiger partial charge in [-0.25, -0.2) is 0 Å². The van der Waals surface area contributed by atoms with E-state index in [9.17, 15) is 0 Å². The highest BCUT2D eigenvalue weighted by Crippen LogP contribution is 2.14. The van der Waals surface area contributed by atoms with Gasteiger partial charge in [-0.1, -0.05) is 0 Å². The summed E-state index contributed by atoms with van der Waals surface area (Å²) in [4.78, 5) is 7.71. The third kappa shape index (κ3) is 1.82. The highest BCUT2D eigenvalue weighted by molar-refractivity contribution is 5.20. The summed E-state index contributed by atoms with van der Waals surface area (Å²) in [6.07, 6.45) is 0. The highest BCUT2D eigenvalue weighted by Gasteiger charge is 2.02. The van der Waals surface area contributed by atoms with E-state index in [1.807, 2.05) is 0 Å². The van der Waals surface area contributed by atoms with Gasteiger partial charge >= 0.3 is 0 Å². The molecule has 0 aromatic carbocycles. The number of aliphatic hydroxyl groups is 1. The topological polar surface area (TPSA) is 64.5 Å². The van der Waals surface area contributed by atoms with E-state index >= 15 is 0 Å². The van der Waals surface area contributed by atoms with Crippen LogP contribution in [0, 0.1) is 0 Å². The number of aliphatic hydroxyl groups excluding tert-OH is 1. The molecule has 1 heterocycles. The van der Waals surface area contributed by atoms with Gasteiger partial charge in [0.05, 0.1) is 20.3 Å². The summed E-state index contributed by atoms with van der Waals surface area (Å²) in [5, 5.41) is 8.74. The van der Waals surface area contributed by atoms with Gasteiger partial charge in [-0.15, -0.1) is 0 Å². The minimum atomic E-state index is -0.229. The number of aromatic nitrogens is 2. The summed E-state index contributed by atoms with van der Waals surface area (Å²) < 4.78 is 9.71. The molecule has 0 atom stereocenters. The zero-order chi connectivity index (χ0) is 8.97. The molecule has 0 bridgehead atoms. The maximum atomic E-state index is 8.74. The lowest BCUT2D eigenvalue weighted by Crippen LogP contribution is -1.99. The third-order valence-electron chi connectivity index (χ3n) is 1.29. The predicted molar refractivity (Wildman–Crippen MR) is 41.1 cm³/mol.